The lowest BCUT2D eigenvalue weighted by Gasteiger charge is -2.10. The Hall–Kier alpha value is -3.16. The molecule has 2 aromatic carbocycles. The first-order valence-electron chi connectivity index (χ1n) is 11.1. The van der Waals surface area contributed by atoms with E-state index in [1.54, 1.807) is 31.8 Å². The number of aryl methyl sites for hydroxylation is 2. The van der Waals surface area contributed by atoms with Gasteiger partial charge in [0, 0.05) is 17.2 Å². The minimum Gasteiger partial charge on any atom is -0.493 e. The van der Waals surface area contributed by atoms with Gasteiger partial charge in [0.05, 0.1) is 25.3 Å². The molecule has 0 radical (unpaired) electrons. The predicted molar refractivity (Wildman–Crippen MR) is 137 cm³/mol. The fourth-order valence-corrected chi connectivity index (χ4v) is 5.71. The normalized spacial score (nSPS) is 13.3. The summed E-state index contributed by atoms with van der Waals surface area (Å²) in [6.45, 7) is 0.261. The summed E-state index contributed by atoms with van der Waals surface area (Å²) in [5, 5.41) is 1.56. The van der Waals surface area contributed by atoms with E-state index in [0.717, 1.165) is 40.1 Å². The fourth-order valence-electron chi connectivity index (χ4n) is 4.07. The number of hydrogen-bond acceptors (Lipinski definition) is 7. The zero-order chi connectivity index (χ0) is 23.5. The molecule has 2 aromatic heterocycles. The molecule has 5 rings (SSSR count). The van der Waals surface area contributed by atoms with Crippen LogP contribution in [-0.2, 0) is 19.4 Å². The largest absolute Gasteiger partial charge is 0.493 e. The number of aromatic nitrogens is 2. The molecule has 0 saturated heterocycles. The minimum absolute atomic E-state index is 0.261. The third-order valence-electron chi connectivity index (χ3n) is 5.79. The molecule has 6 nitrogen and oxygen atoms in total. The second-order valence-electron chi connectivity index (χ2n) is 7.98. The van der Waals surface area contributed by atoms with Crippen molar-refractivity contribution in [2.24, 2.45) is 4.99 Å². The fraction of sp³-hybridized carbons (Fsp3) is 0.269. The van der Waals surface area contributed by atoms with Crippen LogP contribution in [0.1, 0.15) is 34.7 Å². The molecule has 0 saturated carbocycles. The van der Waals surface area contributed by atoms with Crippen molar-refractivity contribution >= 4 is 45.1 Å². The number of benzene rings is 2. The van der Waals surface area contributed by atoms with E-state index in [1.165, 1.54) is 23.3 Å². The van der Waals surface area contributed by atoms with Crippen LogP contribution in [-0.4, -0.2) is 30.4 Å². The average molecular weight is 494 g/mol. The van der Waals surface area contributed by atoms with Gasteiger partial charge in [-0.25, -0.2) is 9.97 Å². The Kier molecular flexibility index (Phi) is 6.65. The van der Waals surface area contributed by atoms with Gasteiger partial charge in [-0.3, -0.25) is 4.99 Å². The van der Waals surface area contributed by atoms with Crippen LogP contribution in [0.3, 0.4) is 0 Å². The van der Waals surface area contributed by atoms with Crippen LogP contribution in [0.25, 0.3) is 10.2 Å². The summed E-state index contributed by atoms with van der Waals surface area (Å²) in [6.07, 6.45) is 6.40. The highest BCUT2D eigenvalue weighted by Crippen LogP contribution is 2.38. The first-order valence-corrected chi connectivity index (χ1v) is 12.3. The molecule has 4 aromatic rings. The predicted octanol–water partition coefficient (Wildman–Crippen LogP) is 6.57. The third-order valence-corrected chi connectivity index (χ3v) is 7.25. The lowest BCUT2D eigenvalue weighted by atomic mass is 9.97. The maximum Gasteiger partial charge on any atom is 0.169 e. The van der Waals surface area contributed by atoms with Gasteiger partial charge in [-0.05, 0) is 73.2 Å². The van der Waals surface area contributed by atoms with Gasteiger partial charge in [-0.15, -0.1) is 11.3 Å². The molecule has 0 atom stereocenters. The summed E-state index contributed by atoms with van der Waals surface area (Å²) in [7, 11) is 3.22. The molecule has 174 valence electrons. The average Bonchev–Trinajstić information content (AvgIpc) is 3.25. The summed E-state index contributed by atoms with van der Waals surface area (Å²) >= 11 is 8.27. The molecule has 0 bridgehead atoms. The van der Waals surface area contributed by atoms with Crippen LogP contribution in [0.2, 0.25) is 5.15 Å². The molecule has 0 N–H and O–H groups in total. The summed E-state index contributed by atoms with van der Waals surface area (Å²) in [4.78, 5) is 16.1. The van der Waals surface area contributed by atoms with Gasteiger partial charge in [-0.2, -0.15) is 0 Å². The molecule has 1 aliphatic carbocycles. The van der Waals surface area contributed by atoms with E-state index >= 15 is 0 Å². The molecule has 0 fully saturated rings. The Morgan fingerprint density at radius 3 is 2.59 bits per heavy atom. The van der Waals surface area contributed by atoms with Crippen molar-refractivity contribution in [2.45, 2.75) is 32.3 Å². The van der Waals surface area contributed by atoms with Gasteiger partial charge < -0.3 is 14.2 Å². The van der Waals surface area contributed by atoms with Crippen molar-refractivity contribution in [2.75, 3.05) is 14.2 Å². The minimum atomic E-state index is 0.261. The highest BCUT2D eigenvalue weighted by atomic mass is 35.5. The summed E-state index contributed by atoms with van der Waals surface area (Å²) < 4.78 is 16.5. The number of hydrogen-bond donors (Lipinski definition) is 0. The maximum atomic E-state index is 6.53. The topological polar surface area (TPSA) is 65.8 Å². The summed E-state index contributed by atoms with van der Waals surface area (Å²) in [5.41, 5.74) is 3.07. The number of nitrogens with zero attached hydrogens (tertiary/aromatic N) is 3. The molecule has 2 heterocycles. The Morgan fingerprint density at radius 1 is 1.00 bits per heavy atom. The van der Waals surface area contributed by atoms with Gasteiger partial charge in [0.25, 0.3) is 0 Å². The summed E-state index contributed by atoms with van der Waals surface area (Å²) in [5.74, 6) is 2.64. The Bertz CT molecular complexity index is 1350. The molecule has 1 aliphatic rings. The van der Waals surface area contributed by atoms with E-state index in [4.69, 9.17) is 30.8 Å². The van der Waals surface area contributed by atoms with E-state index < -0.39 is 0 Å². The number of ether oxygens (including phenoxy) is 3. The summed E-state index contributed by atoms with van der Waals surface area (Å²) in [6, 6.07) is 13.2. The number of halogens is 1. The van der Waals surface area contributed by atoms with Crippen LogP contribution in [0, 0.1) is 0 Å². The molecule has 34 heavy (non-hydrogen) atoms. The Labute approximate surface area is 207 Å². The number of thiophene rings is 1. The first-order chi connectivity index (χ1) is 16.6. The quantitative estimate of drug-likeness (QED) is 0.215. The zero-order valence-electron chi connectivity index (χ0n) is 19.0. The number of rotatable bonds is 7. The van der Waals surface area contributed by atoms with Crippen molar-refractivity contribution in [1.82, 2.24) is 9.97 Å². The van der Waals surface area contributed by atoms with E-state index in [0.29, 0.717) is 22.5 Å². The van der Waals surface area contributed by atoms with Gasteiger partial charge in [0.1, 0.15) is 22.3 Å². The second-order valence-corrected chi connectivity index (χ2v) is 9.42. The van der Waals surface area contributed by atoms with Crippen LogP contribution in [0.15, 0.2) is 47.5 Å². The van der Waals surface area contributed by atoms with E-state index in [-0.39, 0.29) is 6.61 Å². The van der Waals surface area contributed by atoms with Gasteiger partial charge >= 0.3 is 0 Å². The highest BCUT2D eigenvalue weighted by Gasteiger charge is 2.20. The molecule has 0 unspecified atom stereocenters. The molecule has 0 amide bonds. The van der Waals surface area contributed by atoms with E-state index in [2.05, 4.69) is 9.98 Å². The monoisotopic (exact) mass is 493 g/mol. The van der Waals surface area contributed by atoms with Crippen LogP contribution in [0.5, 0.6) is 17.2 Å². The van der Waals surface area contributed by atoms with Crippen molar-refractivity contribution in [3.05, 3.63) is 69.4 Å². The van der Waals surface area contributed by atoms with E-state index in [1.807, 2.05) is 42.5 Å². The zero-order valence-corrected chi connectivity index (χ0v) is 20.6. The smallest absolute Gasteiger partial charge is 0.169 e. The number of methoxy groups -OCH3 is 2. The lowest BCUT2D eigenvalue weighted by Crippen LogP contribution is -2.03. The molecular weight excluding hydrogens is 470 g/mol. The second kappa shape index (κ2) is 9.99. The third kappa shape index (κ3) is 4.72. The van der Waals surface area contributed by atoms with Crippen LogP contribution >= 0.6 is 22.9 Å². The van der Waals surface area contributed by atoms with E-state index in [9.17, 15) is 0 Å². The molecule has 0 aliphatic heterocycles. The maximum absolute atomic E-state index is 6.53. The van der Waals surface area contributed by atoms with Crippen molar-refractivity contribution < 1.29 is 14.2 Å². The van der Waals surface area contributed by atoms with Crippen molar-refractivity contribution in [1.29, 1.82) is 0 Å². The molecule has 0 spiro atoms. The number of fused-ring (bicyclic) bond motifs is 3. The van der Waals surface area contributed by atoms with Crippen molar-refractivity contribution in [3.63, 3.8) is 0 Å². The molecular formula is C26H24ClN3O3S. The van der Waals surface area contributed by atoms with Crippen LogP contribution < -0.4 is 14.2 Å². The van der Waals surface area contributed by atoms with Gasteiger partial charge in [-0.1, -0.05) is 11.6 Å². The van der Waals surface area contributed by atoms with Gasteiger partial charge in [0.15, 0.2) is 17.3 Å². The SMILES string of the molecule is COc1ccc(N=Cc2ccc(OCc3nc(Cl)c4c5c(sc4n3)CCCC5)cc2)cc1OC. The Morgan fingerprint density at radius 2 is 1.79 bits per heavy atom. The first kappa shape index (κ1) is 22.6. The number of aliphatic imine (C=N–C) groups is 1. The lowest BCUT2D eigenvalue weighted by molar-refractivity contribution is 0.296. The molecule has 8 heteroatoms. The highest BCUT2D eigenvalue weighted by molar-refractivity contribution is 7.19. The Balaban J connectivity index is 1.25. The van der Waals surface area contributed by atoms with Gasteiger partial charge in [0.2, 0.25) is 0 Å². The van der Waals surface area contributed by atoms with Crippen LogP contribution in [0.4, 0.5) is 5.69 Å². The standard InChI is InChI=1S/C26H24ClN3O3S/c1-31-20-12-9-17(13-21(20)32-2)28-14-16-7-10-18(11-8-16)33-15-23-29-25(27)24-19-5-3-4-6-22(19)34-26(24)30-23/h7-14H,3-6,15H2,1-2H3. The van der Waals surface area contributed by atoms with Crippen molar-refractivity contribution in [3.8, 4) is 17.2 Å².